The fourth-order valence-electron chi connectivity index (χ4n) is 2.12. The van der Waals surface area contributed by atoms with Crippen LogP contribution in [0.25, 0.3) is 0 Å². The molecule has 0 radical (unpaired) electrons. The zero-order valence-electron chi connectivity index (χ0n) is 10.4. The molecule has 0 aromatic carbocycles. The number of aromatic nitrogens is 1. The maximum Gasteiger partial charge on any atom is 0.321 e. The third-order valence-corrected chi connectivity index (χ3v) is 3.11. The molecular formula is C13H19N3O. The number of nitrogens with one attached hydrogen (secondary N) is 1. The number of nitrogens with zero attached hydrogens (tertiary/aromatic N) is 2. The Morgan fingerprint density at radius 2 is 2.35 bits per heavy atom. The van der Waals surface area contributed by atoms with Crippen molar-refractivity contribution in [2.45, 2.75) is 26.7 Å². The van der Waals surface area contributed by atoms with Crippen molar-refractivity contribution in [3.63, 3.8) is 0 Å². The van der Waals surface area contributed by atoms with Crippen molar-refractivity contribution in [1.29, 1.82) is 0 Å². The molecule has 1 aromatic heterocycles. The highest BCUT2D eigenvalue weighted by atomic mass is 16.2. The van der Waals surface area contributed by atoms with E-state index in [0.29, 0.717) is 5.92 Å². The van der Waals surface area contributed by atoms with Crippen LogP contribution in [0.1, 0.15) is 25.5 Å². The molecule has 0 bridgehead atoms. The predicted octanol–water partition coefficient (Wildman–Crippen LogP) is 2.65. The summed E-state index contributed by atoms with van der Waals surface area (Å²) in [5, 5.41) is 2.88. The van der Waals surface area contributed by atoms with Crippen LogP contribution in [0.2, 0.25) is 0 Å². The monoisotopic (exact) mass is 233 g/mol. The molecule has 1 unspecified atom stereocenters. The van der Waals surface area contributed by atoms with Gasteiger partial charge in [-0.15, -0.1) is 0 Å². The third kappa shape index (κ3) is 3.19. The van der Waals surface area contributed by atoms with Crippen molar-refractivity contribution in [3.8, 4) is 0 Å². The third-order valence-electron chi connectivity index (χ3n) is 3.11. The average Bonchev–Trinajstić information content (AvgIpc) is 2.32. The highest BCUT2D eigenvalue weighted by molar-refractivity contribution is 5.89. The largest absolute Gasteiger partial charge is 0.324 e. The van der Waals surface area contributed by atoms with E-state index in [9.17, 15) is 4.79 Å². The molecule has 1 aromatic rings. The van der Waals surface area contributed by atoms with Gasteiger partial charge in [0.1, 0.15) is 0 Å². The van der Waals surface area contributed by atoms with E-state index in [1.807, 2.05) is 24.0 Å². The van der Waals surface area contributed by atoms with Gasteiger partial charge in [-0.1, -0.05) is 6.92 Å². The number of urea groups is 1. The van der Waals surface area contributed by atoms with Crippen LogP contribution in [0.3, 0.4) is 0 Å². The Morgan fingerprint density at radius 1 is 1.53 bits per heavy atom. The Bertz CT molecular complexity index is 388. The lowest BCUT2D eigenvalue weighted by Gasteiger charge is -2.30. The summed E-state index contributed by atoms with van der Waals surface area (Å²) in [5.41, 5.74) is 1.72. The number of rotatable bonds is 1. The van der Waals surface area contributed by atoms with Crippen molar-refractivity contribution in [2.75, 3.05) is 18.4 Å². The lowest BCUT2D eigenvalue weighted by atomic mass is 10.0. The first-order chi connectivity index (χ1) is 8.15. The van der Waals surface area contributed by atoms with Crippen LogP contribution in [0.15, 0.2) is 18.3 Å². The van der Waals surface area contributed by atoms with Gasteiger partial charge in [0.15, 0.2) is 0 Å². The van der Waals surface area contributed by atoms with Gasteiger partial charge in [-0.05, 0) is 37.8 Å². The number of carbonyl (C=O) groups is 1. The first-order valence-electron chi connectivity index (χ1n) is 6.14. The summed E-state index contributed by atoms with van der Waals surface area (Å²) in [6.07, 6.45) is 4.01. The number of pyridine rings is 1. The van der Waals surface area contributed by atoms with Crippen molar-refractivity contribution in [2.24, 2.45) is 5.92 Å². The fraction of sp³-hybridized carbons (Fsp3) is 0.538. The predicted molar refractivity (Wildman–Crippen MR) is 68.0 cm³/mol. The van der Waals surface area contributed by atoms with E-state index in [1.165, 1.54) is 6.42 Å². The van der Waals surface area contributed by atoms with Gasteiger partial charge >= 0.3 is 6.03 Å². The normalized spacial score (nSPS) is 20.1. The van der Waals surface area contributed by atoms with Crippen molar-refractivity contribution >= 4 is 11.7 Å². The van der Waals surface area contributed by atoms with Gasteiger partial charge in [-0.2, -0.15) is 0 Å². The lowest BCUT2D eigenvalue weighted by molar-refractivity contribution is 0.182. The zero-order valence-corrected chi connectivity index (χ0v) is 10.4. The molecule has 0 spiro atoms. The van der Waals surface area contributed by atoms with E-state index in [1.54, 1.807) is 6.20 Å². The molecular weight excluding hydrogens is 214 g/mol. The van der Waals surface area contributed by atoms with E-state index < -0.39 is 0 Å². The fourth-order valence-corrected chi connectivity index (χ4v) is 2.12. The Kier molecular flexibility index (Phi) is 3.61. The molecule has 4 heteroatoms. The number of likely N-dealkylation sites (tertiary alicyclic amines) is 1. The number of hydrogen-bond donors (Lipinski definition) is 1. The molecule has 2 rings (SSSR count). The van der Waals surface area contributed by atoms with Crippen LogP contribution in [0.4, 0.5) is 10.5 Å². The second-order valence-electron chi connectivity index (χ2n) is 4.81. The lowest BCUT2D eigenvalue weighted by Crippen LogP contribution is -2.41. The molecule has 1 aliphatic heterocycles. The summed E-state index contributed by atoms with van der Waals surface area (Å²) >= 11 is 0. The van der Waals surface area contributed by atoms with Crippen LogP contribution >= 0.6 is 0 Å². The van der Waals surface area contributed by atoms with E-state index >= 15 is 0 Å². The van der Waals surface area contributed by atoms with E-state index in [4.69, 9.17) is 0 Å². The van der Waals surface area contributed by atoms with Crippen LogP contribution in [0.5, 0.6) is 0 Å². The quantitative estimate of drug-likeness (QED) is 0.810. The second kappa shape index (κ2) is 5.17. The van der Waals surface area contributed by atoms with E-state index in [0.717, 1.165) is 30.9 Å². The molecule has 1 saturated heterocycles. The van der Waals surface area contributed by atoms with Crippen molar-refractivity contribution in [3.05, 3.63) is 24.0 Å². The molecule has 17 heavy (non-hydrogen) atoms. The van der Waals surface area contributed by atoms with Gasteiger partial charge in [0.05, 0.1) is 11.9 Å². The molecule has 1 fully saturated rings. The summed E-state index contributed by atoms with van der Waals surface area (Å²) in [7, 11) is 0. The Morgan fingerprint density at radius 3 is 3.00 bits per heavy atom. The molecule has 0 saturated carbocycles. The Hall–Kier alpha value is -1.58. The summed E-state index contributed by atoms with van der Waals surface area (Å²) < 4.78 is 0. The number of carbonyl (C=O) groups excluding carboxylic acids is 1. The van der Waals surface area contributed by atoms with Gasteiger partial charge in [0.2, 0.25) is 0 Å². The number of amides is 2. The minimum Gasteiger partial charge on any atom is -0.324 e. The SMILES string of the molecule is Cc1ccc(NC(=O)N2CCCC(C)C2)cn1. The van der Waals surface area contributed by atoms with E-state index in [2.05, 4.69) is 17.2 Å². The van der Waals surface area contributed by atoms with Crippen LogP contribution in [-0.4, -0.2) is 29.0 Å². The first kappa shape index (κ1) is 11.9. The molecule has 92 valence electrons. The molecule has 4 nitrogen and oxygen atoms in total. The Balaban J connectivity index is 1.94. The highest BCUT2D eigenvalue weighted by Crippen LogP contribution is 2.16. The minimum atomic E-state index is -0.0118. The average molecular weight is 233 g/mol. The smallest absolute Gasteiger partial charge is 0.321 e. The van der Waals surface area contributed by atoms with Crippen LogP contribution < -0.4 is 5.32 Å². The van der Waals surface area contributed by atoms with Gasteiger partial charge in [-0.25, -0.2) is 4.79 Å². The maximum atomic E-state index is 12.0. The maximum absolute atomic E-state index is 12.0. The van der Waals surface area contributed by atoms with Gasteiger partial charge in [0.25, 0.3) is 0 Å². The Labute approximate surface area is 102 Å². The molecule has 2 amide bonds. The van der Waals surface area contributed by atoms with Crippen LogP contribution in [0, 0.1) is 12.8 Å². The molecule has 1 aliphatic rings. The number of hydrogen-bond acceptors (Lipinski definition) is 2. The second-order valence-corrected chi connectivity index (χ2v) is 4.81. The van der Waals surface area contributed by atoms with E-state index in [-0.39, 0.29) is 6.03 Å². The summed E-state index contributed by atoms with van der Waals surface area (Å²) in [6.45, 7) is 5.82. The summed E-state index contributed by atoms with van der Waals surface area (Å²) in [5.74, 6) is 0.602. The molecule has 1 N–H and O–H groups in total. The van der Waals surface area contributed by atoms with Gasteiger partial charge in [-0.3, -0.25) is 4.98 Å². The molecule has 0 aliphatic carbocycles. The molecule has 1 atom stereocenters. The summed E-state index contributed by atoms with van der Waals surface area (Å²) in [6, 6.07) is 3.77. The zero-order chi connectivity index (χ0) is 12.3. The standard InChI is InChI=1S/C13H19N3O/c1-10-4-3-7-16(9-10)13(17)15-12-6-5-11(2)14-8-12/h5-6,8,10H,3-4,7,9H2,1-2H3,(H,15,17). The first-order valence-corrected chi connectivity index (χ1v) is 6.14. The highest BCUT2D eigenvalue weighted by Gasteiger charge is 2.20. The van der Waals surface area contributed by atoms with Gasteiger partial charge in [0, 0.05) is 18.8 Å². The van der Waals surface area contributed by atoms with Crippen molar-refractivity contribution in [1.82, 2.24) is 9.88 Å². The number of anilines is 1. The topological polar surface area (TPSA) is 45.2 Å². The number of aryl methyl sites for hydroxylation is 1. The van der Waals surface area contributed by atoms with Gasteiger partial charge < -0.3 is 10.2 Å². The van der Waals surface area contributed by atoms with Crippen LogP contribution in [-0.2, 0) is 0 Å². The van der Waals surface area contributed by atoms with Crippen molar-refractivity contribution < 1.29 is 4.79 Å². The number of piperidine rings is 1. The minimum absolute atomic E-state index is 0.0118. The molecule has 2 heterocycles. The summed E-state index contributed by atoms with van der Waals surface area (Å²) in [4.78, 5) is 18.0.